The van der Waals surface area contributed by atoms with Gasteiger partial charge >= 0.3 is 0 Å². The predicted octanol–water partition coefficient (Wildman–Crippen LogP) is 4.36. The molecule has 100 valence electrons. The normalized spacial score (nSPS) is 10.7. The fourth-order valence-corrected chi connectivity index (χ4v) is 3.23. The number of thioether (sulfide) groups is 1. The van der Waals surface area contributed by atoms with E-state index in [0.717, 1.165) is 5.75 Å². The van der Waals surface area contributed by atoms with E-state index < -0.39 is 0 Å². The van der Waals surface area contributed by atoms with Crippen molar-refractivity contribution in [2.45, 2.75) is 38.0 Å². The lowest BCUT2D eigenvalue weighted by atomic mass is 10.1. The molecular weight excluding hydrogens is 250 g/mol. The van der Waals surface area contributed by atoms with Gasteiger partial charge in [0.15, 0.2) is 0 Å². The zero-order chi connectivity index (χ0) is 13.8. The zero-order valence-corrected chi connectivity index (χ0v) is 12.7. The minimum atomic E-state index is 0.619. The van der Waals surface area contributed by atoms with Crippen LogP contribution in [0.15, 0.2) is 41.3 Å². The highest BCUT2D eigenvalue weighted by molar-refractivity contribution is 7.98. The largest absolute Gasteiger partial charge is 0.326 e. The van der Waals surface area contributed by atoms with E-state index in [9.17, 15) is 0 Å². The van der Waals surface area contributed by atoms with Gasteiger partial charge in [0.2, 0.25) is 0 Å². The quantitative estimate of drug-likeness (QED) is 0.836. The molecule has 1 nitrogen and oxygen atoms in total. The summed E-state index contributed by atoms with van der Waals surface area (Å²) in [6, 6.07) is 13.3. The first kappa shape index (κ1) is 14.2. The van der Waals surface area contributed by atoms with E-state index in [2.05, 4.69) is 57.2 Å². The fourth-order valence-electron chi connectivity index (χ4n) is 2.31. The number of hydrogen-bond acceptors (Lipinski definition) is 2. The number of rotatable bonds is 4. The molecule has 0 atom stereocenters. The summed E-state index contributed by atoms with van der Waals surface area (Å²) in [4.78, 5) is 1.31. The highest BCUT2D eigenvalue weighted by atomic mass is 32.2. The topological polar surface area (TPSA) is 26.0 Å². The zero-order valence-electron chi connectivity index (χ0n) is 11.9. The van der Waals surface area contributed by atoms with Crippen molar-refractivity contribution < 1.29 is 0 Å². The smallest absolute Gasteiger partial charge is 0.0232 e. The van der Waals surface area contributed by atoms with Crippen LogP contribution in [0.25, 0.3) is 0 Å². The second kappa shape index (κ2) is 6.27. The number of nitrogens with two attached hydrogens (primary N) is 1. The van der Waals surface area contributed by atoms with Crippen LogP contribution in [0, 0.1) is 20.8 Å². The number of benzene rings is 2. The van der Waals surface area contributed by atoms with Crippen LogP contribution >= 0.6 is 11.8 Å². The average molecular weight is 271 g/mol. The molecule has 0 spiro atoms. The molecule has 0 unspecified atom stereocenters. The number of aryl methyl sites for hydroxylation is 3. The summed E-state index contributed by atoms with van der Waals surface area (Å²) in [6.07, 6.45) is 0. The van der Waals surface area contributed by atoms with E-state index in [-0.39, 0.29) is 0 Å². The van der Waals surface area contributed by atoms with Gasteiger partial charge in [-0.05, 0) is 49.6 Å². The van der Waals surface area contributed by atoms with Crippen molar-refractivity contribution in [3.05, 3.63) is 64.2 Å². The average Bonchev–Trinajstić information content (AvgIpc) is 2.35. The van der Waals surface area contributed by atoms with Crippen LogP contribution in [0.1, 0.15) is 27.8 Å². The Morgan fingerprint density at radius 3 is 2.21 bits per heavy atom. The first-order valence-electron chi connectivity index (χ1n) is 6.58. The number of hydrogen-bond donors (Lipinski definition) is 1. The lowest BCUT2D eigenvalue weighted by Crippen LogP contribution is -1.98. The summed E-state index contributed by atoms with van der Waals surface area (Å²) in [7, 11) is 0. The van der Waals surface area contributed by atoms with Crippen molar-refractivity contribution in [2.75, 3.05) is 0 Å². The third kappa shape index (κ3) is 3.85. The predicted molar refractivity (Wildman–Crippen MR) is 84.5 cm³/mol. The Bertz CT molecular complexity index is 555. The molecule has 0 saturated heterocycles. The standard InChI is InChI=1S/C17H21NS/c1-12-6-13(2)8-15(7-12)11-19-17-5-4-16(10-18)14(3)9-17/h4-9H,10-11,18H2,1-3H3. The fraction of sp³-hybridized carbons (Fsp3) is 0.294. The van der Waals surface area contributed by atoms with Crippen LogP contribution in [0.4, 0.5) is 0 Å². The molecule has 0 aliphatic heterocycles. The Morgan fingerprint density at radius 1 is 0.947 bits per heavy atom. The van der Waals surface area contributed by atoms with Crippen molar-refractivity contribution >= 4 is 11.8 Å². The lowest BCUT2D eigenvalue weighted by Gasteiger charge is -2.08. The monoisotopic (exact) mass is 271 g/mol. The molecule has 0 heterocycles. The lowest BCUT2D eigenvalue weighted by molar-refractivity contribution is 1.04. The molecule has 0 amide bonds. The molecule has 0 saturated carbocycles. The van der Waals surface area contributed by atoms with Gasteiger partial charge in [0.1, 0.15) is 0 Å². The van der Waals surface area contributed by atoms with Gasteiger partial charge in [0.25, 0.3) is 0 Å². The van der Waals surface area contributed by atoms with Crippen LogP contribution in [0.2, 0.25) is 0 Å². The van der Waals surface area contributed by atoms with E-state index >= 15 is 0 Å². The Morgan fingerprint density at radius 2 is 1.63 bits per heavy atom. The van der Waals surface area contributed by atoms with Gasteiger partial charge in [-0.3, -0.25) is 0 Å². The van der Waals surface area contributed by atoms with E-state index in [4.69, 9.17) is 5.73 Å². The minimum Gasteiger partial charge on any atom is -0.326 e. The molecule has 2 aromatic carbocycles. The summed E-state index contributed by atoms with van der Waals surface area (Å²) >= 11 is 1.88. The Balaban J connectivity index is 2.08. The third-order valence-corrected chi connectivity index (χ3v) is 4.29. The summed E-state index contributed by atoms with van der Waals surface area (Å²) in [5.41, 5.74) is 12.3. The first-order chi connectivity index (χ1) is 9.08. The second-order valence-electron chi connectivity index (χ2n) is 5.08. The molecule has 0 radical (unpaired) electrons. The minimum absolute atomic E-state index is 0.619. The molecule has 0 aliphatic rings. The van der Waals surface area contributed by atoms with Gasteiger partial charge in [0.05, 0.1) is 0 Å². The van der Waals surface area contributed by atoms with E-state index in [1.165, 1.54) is 32.7 Å². The summed E-state index contributed by atoms with van der Waals surface area (Å²) in [6.45, 7) is 7.06. The van der Waals surface area contributed by atoms with Crippen molar-refractivity contribution in [1.29, 1.82) is 0 Å². The third-order valence-electron chi connectivity index (χ3n) is 3.22. The summed E-state index contributed by atoms with van der Waals surface area (Å²) < 4.78 is 0. The summed E-state index contributed by atoms with van der Waals surface area (Å²) in [5, 5.41) is 0. The van der Waals surface area contributed by atoms with Gasteiger partial charge in [0, 0.05) is 17.2 Å². The van der Waals surface area contributed by atoms with Crippen LogP contribution in [-0.4, -0.2) is 0 Å². The van der Waals surface area contributed by atoms with Gasteiger partial charge in [-0.25, -0.2) is 0 Å². The van der Waals surface area contributed by atoms with Gasteiger partial charge in [-0.1, -0.05) is 35.4 Å². The SMILES string of the molecule is Cc1cc(C)cc(CSc2ccc(CN)c(C)c2)c1. The molecule has 19 heavy (non-hydrogen) atoms. The van der Waals surface area contributed by atoms with Gasteiger partial charge in [-0.2, -0.15) is 0 Å². The Hall–Kier alpha value is -1.25. The Kier molecular flexibility index (Phi) is 4.67. The molecule has 0 aliphatic carbocycles. The maximum absolute atomic E-state index is 5.69. The maximum atomic E-state index is 5.69. The molecule has 2 heteroatoms. The van der Waals surface area contributed by atoms with E-state index in [1.54, 1.807) is 0 Å². The molecule has 0 aromatic heterocycles. The Labute approximate surface area is 120 Å². The molecule has 2 N–H and O–H groups in total. The van der Waals surface area contributed by atoms with Gasteiger partial charge in [-0.15, -0.1) is 11.8 Å². The van der Waals surface area contributed by atoms with Crippen LogP contribution < -0.4 is 5.73 Å². The van der Waals surface area contributed by atoms with Gasteiger partial charge < -0.3 is 5.73 Å². The van der Waals surface area contributed by atoms with Crippen LogP contribution in [0.3, 0.4) is 0 Å². The van der Waals surface area contributed by atoms with E-state index in [0.29, 0.717) is 6.54 Å². The molecular formula is C17H21NS. The molecule has 0 bridgehead atoms. The molecule has 2 rings (SSSR count). The van der Waals surface area contributed by atoms with Crippen LogP contribution in [0.5, 0.6) is 0 Å². The van der Waals surface area contributed by atoms with Crippen molar-refractivity contribution in [3.63, 3.8) is 0 Å². The molecule has 0 fully saturated rings. The van der Waals surface area contributed by atoms with Crippen molar-refractivity contribution in [3.8, 4) is 0 Å². The van der Waals surface area contributed by atoms with Crippen molar-refractivity contribution in [2.24, 2.45) is 5.73 Å². The highest BCUT2D eigenvalue weighted by Gasteiger charge is 2.01. The second-order valence-corrected chi connectivity index (χ2v) is 6.13. The highest BCUT2D eigenvalue weighted by Crippen LogP contribution is 2.25. The van der Waals surface area contributed by atoms with E-state index in [1.807, 2.05) is 11.8 Å². The van der Waals surface area contributed by atoms with Crippen molar-refractivity contribution in [1.82, 2.24) is 0 Å². The summed E-state index contributed by atoms with van der Waals surface area (Å²) in [5.74, 6) is 1.02. The van der Waals surface area contributed by atoms with Crippen LogP contribution in [-0.2, 0) is 12.3 Å². The maximum Gasteiger partial charge on any atom is 0.0232 e. The molecule has 2 aromatic rings. The first-order valence-corrected chi connectivity index (χ1v) is 7.56.